The summed E-state index contributed by atoms with van der Waals surface area (Å²) in [5.74, 6) is -1.57. The lowest BCUT2D eigenvalue weighted by atomic mass is 10.2. The van der Waals surface area contributed by atoms with E-state index in [0.29, 0.717) is 0 Å². The van der Waals surface area contributed by atoms with Crippen molar-refractivity contribution in [1.29, 1.82) is 5.26 Å². The molecule has 6 nitrogen and oxygen atoms in total. The lowest BCUT2D eigenvalue weighted by Crippen LogP contribution is -2.33. The molecular weight excluding hydrogens is 268 g/mol. The average Bonchev–Trinajstić information content (AvgIpc) is 2.37. The molecule has 0 atom stereocenters. The highest BCUT2D eigenvalue weighted by Crippen LogP contribution is 2.21. The van der Waals surface area contributed by atoms with Gasteiger partial charge in [0.15, 0.2) is 5.75 Å². The Hall–Kier alpha value is -2.07. The van der Waals surface area contributed by atoms with Crippen LogP contribution in [-0.2, 0) is 19.6 Å². The van der Waals surface area contributed by atoms with E-state index in [-0.39, 0.29) is 17.9 Å². The van der Waals surface area contributed by atoms with Crippen molar-refractivity contribution >= 4 is 21.7 Å². The number of nitriles is 1. The molecule has 0 aliphatic heterocycles. The van der Waals surface area contributed by atoms with E-state index in [1.807, 2.05) is 6.07 Å². The summed E-state index contributed by atoms with van der Waals surface area (Å²) in [6.07, 6.45) is 0. The van der Waals surface area contributed by atoms with Gasteiger partial charge >= 0.3 is 5.97 Å². The molecule has 1 aromatic rings. The predicted molar refractivity (Wildman–Crippen MR) is 70.0 cm³/mol. The van der Waals surface area contributed by atoms with Crippen LogP contribution in [-0.4, -0.2) is 33.8 Å². The zero-order valence-corrected chi connectivity index (χ0v) is 11.5. The fraction of sp³-hybridized carbons (Fsp3) is 0.333. The predicted octanol–water partition coefficient (Wildman–Crippen LogP) is 0.887. The maximum atomic E-state index is 12.0. The van der Waals surface area contributed by atoms with E-state index >= 15 is 0 Å². The first-order valence-electron chi connectivity index (χ1n) is 5.53. The van der Waals surface area contributed by atoms with Gasteiger partial charge in [-0.05, 0) is 19.1 Å². The van der Waals surface area contributed by atoms with E-state index in [9.17, 15) is 13.2 Å². The summed E-state index contributed by atoms with van der Waals surface area (Å²) in [4.78, 5) is 11.3. The molecule has 0 radical (unpaired) electrons. The fourth-order valence-electron chi connectivity index (χ4n) is 1.44. The molecule has 0 N–H and O–H groups in total. The van der Waals surface area contributed by atoms with Crippen molar-refractivity contribution in [1.82, 2.24) is 0 Å². The molecule has 0 amide bonds. The van der Waals surface area contributed by atoms with Gasteiger partial charge in [-0.3, -0.25) is 9.10 Å². The monoisotopic (exact) mass is 282 g/mol. The molecule has 0 saturated carbocycles. The molecule has 1 rings (SSSR count). The number of rotatable bonds is 5. The molecule has 0 aromatic heterocycles. The maximum Gasteiger partial charge on any atom is 0.323 e. The molecule has 0 spiro atoms. The highest BCUT2D eigenvalue weighted by molar-refractivity contribution is 7.93. The number of carbonyl (C=O) groups is 1. The Morgan fingerprint density at radius 1 is 1.42 bits per heavy atom. The first kappa shape index (κ1) is 15.0. The van der Waals surface area contributed by atoms with Gasteiger partial charge < -0.3 is 4.74 Å². The molecule has 1 aromatic carbocycles. The molecular formula is C12H14N2O4S. The number of ether oxygens (including phenoxy) is 1. The highest BCUT2D eigenvalue weighted by Gasteiger charge is 2.24. The van der Waals surface area contributed by atoms with E-state index in [0.717, 1.165) is 4.31 Å². The van der Waals surface area contributed by atoms with Crippen LogP contribution < -0.4 is 4.31 Å². The normalized spacial score (nSPS) is 10.6. The van der Waals surface area contributed by atoms with Gasteiger partial charge in [-0.2, -0.15) is 5.26 Å². The molecule has 0 bridgehead atoms. The first-order chi connectivity index (χ1) is 8.92. The smallest absolute Gasteiger partial charge is 0.323 e. The van der Waals surface area contributed by atoms with Crippen molar-refractivity contribution in [3.8, 4) is 6.07 Å². The second kappa shape index (κ2) is 6.20. The van der Waals surface area contributed by atoms with Crippen LogP contribution in [0.4, 0.5) is 5.69 Å². The second-order valence-electron chi connectivity index (χ2n) is 3.66. The third kappa shape index (κ3) is 3.69. The Bertz CT molecular complexity index is 604. The largest absolute Gasteiger partial charge is 0.465 e. The van der Waals surface area contributed by atoms with Gasteiger partial charge in [-0.15, -0.1) is 0 Å². The maximum absolute atomic E-state index is 12.0. The number of benzene rings is 1. The molecule has 0 heterocycles. The molecule has 0 fully saturated rings. The van der Waals surface area contributed by atoms with Gasteiger partial charge in [-0.1, -0.05) is 12.1 Å². The van der Waals surface area contributed by atoms with Gasteiger partial charge in [0.05, 0.1) is 17.9 Å². The highest BCUT2D eigenvalue weighted by atomic mass is 32.2. The van der Waals surface area contributed by atoms with Crippen LogP contribution in [0.3, 0.4) is 0 Å². The third-order valence-corrected chi connectivity index (χ3v) is 4.02. The van der Waals surface area contributed by atoms with E-state index in [1.165, 1.54) is 19.2 Å². The number of esters is 1. The number of hydrogen-bond acceptors (Lipinski definition) is 5. The molecule has 19 heavy (non-hydrogen) atoms. The Labute approximate surface area is 112 Å². The Morgan fingerprint density at radius 3 is 2.63 bits per heavy atom. The minimum atomic E-state index is -3.86. The Morgan fingerprint density at radius 2 is 2.05 bits per heavy atom. The van der Waals surface area contributed by atoms with E-state index in [1.54, 1.807) is 19.1 Å². The van der Waals surface area contributed by atoms with E-state index in [4.69, 9.17) is 5.26 Å². The SMILES string of the molecule is CCOC(=O)CS(=O)(=O)N(C)c1ccccc1C#N. The van der Waals surface area contributed by atoms with Crippen LogP contribution in [0.2, 0.25) is 0 Å². The van der Waals surface area contributed by atoms with Crippen LogP contribution in [0.25, 0.3) is 0 Å². The summed E-state index contributed by atoms with van der Waals surface area (Å²) < 4.78 is 29.5. The van der Waals surface area contributed by atoms with Crippen molar-refractivity contribution < 1.29 is 17.9 Å². The van der Waals surface area contributed by atoms with Gasteiger partial charge in [-0.25, -0.2) is 8.42 Å². The van der Waals surface area contributed by atoms with Crippen molar-refractivity contribution in [3.05, 3.63) is 29.8 Å². The Kier molecular flexibility index (Phi) is 4.89. The van der Waals surface area contributed by atoms with Crippen LogP contribution in [0.15, 0.2) is 24.3 Å². The molecule has 0 unspecified atom stereocenters. The van der Waals surface area contributed by atoms with Gasteiger partial charge in [0.25, 0.3) is 0 Å². The van der Waals surface area contributed by atoms with Crippen molar-refractivity contribution in [2.75, 3.05) is 23.7 Å². The lowest BCUT2D eigenvalue weighted by Gasteiger charge is -2.19. The minimum Gasteiger partial charge on any atom is -0.465 e. The molecule has 0 aliphatic carbocycles. The summed E-state index contributed by atoms with van der Waals surface area (Å²) in [6.45, 7) is 1.71. The second-order valence-corrected chi connectivity index (χ2v) is 5.66. The third-order valence-electron chi connectivity index (χ3n) is 2.39. The molecule has 7 heteroatoms. The number of sulfonamides is 1. The average molecular weight is 282 g/mol. The minimum absolute atomic E-state index is 0.118. The van der Waals surface area contributed by atoms with Crippen molar-refractivity contribution in [3.63, 3.8) is 0 Å². The summed E-state index contributed by atoms with van der Waals surface area (Å²) in [5.41, 5.74) is 0.451. The number of carbonyl (C=O) groups excluding carboxylic acids is 1. The molecule has 0 aliphatic rings. The summed E-state index contributed by atoms with van der Waals surface area (Å²) in [7, 11) is -2.56. The van der Waals surface area contributed by atoms with Crippen molar-refractivity contribution in [2.45, 2.75) is 6.92 Å². The zero-order valence-electron chi connectivity index (χ0n) is 10.7. The quantitative estimate of drug-likeness (QED) is 0.748. The summed E-state index contributed by atoms with van der Waals surface area (Å²) >= 11 is 0. The summed E-state index contributed by atoms with van der Waals surface area (Å²) in [6, 6.07) is 8.16. The van der Waals surface area contributed by atoms with E-state index < -0.39 is 21.7 Å². The number of nitrogens with zero attached hydrogens (tertiary/aromatic N) is 2. The molecule has 0 saturated heterocycles. The van der Waals surface area contributed by atoms with Gasteiger partial charge in [0.2, 0.25) is 10.0 Å². The number of anilines is 1. The summed E-state index contributed by atoms with van der Waals surface area (Å²) in [5, 5.41) is 8.94. The first-order valence-corrected chi connectivity index (χ1v) is 7.14. The topological polar surface area (TPSA) is 87.5 Å². The number of para-hydroxylation sites is 1. The van der Waals surface area contributed by atoms with Crippen LogP contribution >= 0.6 is 0 Å². The van der Waals surface area contributed by atoms with Gasteiger partial charge in [0, 0.05) is 7.05 Å². The standard InChI is InChI=1S/C12H14N2O4S/c1-3-18-12(15)9-19(16,17)14(2)11-7-5-4-6-10(11)8-13/h4-7H,3,9H2,1-2H3. The van der Waals surface area contributed by atoms with E-state index in [2.05, 4.69) is 4.74 Å². The van der Waals surface area contributed by atoms with Crippen molar-refractivity contribution in [2.24, 2.45) is 0 Å². The van der Waals surface area contributed by atoms with Gasteiger partial charge in [0.1, 0.15) is 6.07 Å². The van der Waals surface area contributed by atoms with Crippen LogP contribution in [0.5, 0.6) is 0 Å². The fourth-order valence-corrected chi connectivity index (χ4v) is 2.47. The van der Waals surface area contributed by atoms with Crippen LogP contribution in [0.1, 0.15) is 12.5 Å². The number of hydrogen-bond donors (Lipinski definition) is 0. The lowest BCUT2D eigenvalue weighted by molar-refractivity contribution is -0.139. The Balaban J connectivity index is 3.02. The van der Waals surface area contributed by atoms with Crippen LogP contribution in [0, 0.1) is 11.3 Å². The molecule has 102 valence electrons. The zero-order chi connectivity index (χ0) is 14.5.